The fourth-order valence-corrected chi connectivity index (χ4v) is 2.36. The summed E-state index contributed by atoms with van der Waals surface area (Å²) in [6.45, 7) is 3.57. The Bertz CT molecular complexity index is 380. The van der Waals surface area contributed by atoms with E-state index < -0.39 is 0 Å². The summed E-state index contributed by atoms with van der Waals surface area (Å²) in [7, 11) is 1.70. The molecule has 2 N–H and O–H groups in total. The summed E-state index contributed by atoms with van der Waals surface area (Å²) >= 11 is 0. The molecule has 0 bridgehead atoms. The maximum atomic E-state index is 11.8. The first-order chi connectivity index (χ1) is 8.81. The van der Waals surface area contributed by atoms with Gasteiger partial charge in [-0.15, -0.1) is 0 Å². The average Bonchev–Trinajstić information content (AvgIpc) is 2.45. The summed E-state index contributed by atoms with van der Waals surface area (Å²) in [5.74, 6) is 0.107. The largest absolute Gasteiger partial charge is 0.358 e. The van der Waals surface area contributed by atoms with Gasteiger partial charge >= 0.3 is 0 Å². The molecule has 4 nitrogen and oxygen atoms in total. The number of hydrogen-bond donors (Lipinski definition) is 2. The van der Waals surface area contributed by atoms with Crippen molar-refractivity contribution in [3.05, 3.63) is 35.9 Å². The molecule has 0 aromatic heterocycles. The molecule has 1 aromatic rings. The van der Waals surface area contributed by atoms with E-state index in [0.717, 1.165) is 32.6 Å². The van der Waals surface area contributed by atoms with Crippen molar-refractivity contribution in [3.8, 4) is 0 Å². The van der Waals surface area contributed by atoms with E-state index >= 15 is 0 Å². The van der Waals surface area contributed by atoms with E-state index in [1.807, 2.05) is 6.07 Å². The fraction of sp³-hybridized carbons (Fsp3) is 0.500. The smallest absolute Gasteiger partial charge is 0.238 e. The van der Waals surface area contributed by atoms with Crippen LogP contribution in [-0.2, 0) is 11.2 Å². The second kappa shape index (κ2) is 6.52. The molecule has 0 spiro atoms. The third kappa shape index (κ3) is 3.31. The van der Waals surface area contributed by atoms with Gasteiger partial charge < -0.3 is 10.6 Å². The zero-order valence-electron chi connectivity index (χ0n) is 10.9. The van der Waals surface area contributed by atoms with Crippen LogP contribution >= 0.6 is 0 Å². The highest BCUT2D eigenvalue weighted by atomic mass is 16.2. The summed E-state index contributed by atoms with van der Waals surface area (Å²) in [4.78, 5) is 14.1. The van der Waals surface area contributed by atoms with Gasteiger partial charge in [-0.2, -0.15) is 0 Å². The van der Waals surface area contributed by atoms with E-state index in [-0.39, 0.29) is 11.9 Å². The van der Waals surface area contributed by atoms with Crippen LogP contribution in [0.1, 0.15) is 5.56 Å². The van der Waals surface area contributed by atoms with Crippen molar-refractivity contribution in [2.45, 2.75) is 12.5 Å². The highest BCUT2D eigenvalue weighted by molar-refractivity contribution is 5.81. The van der Waals surface area contributed by atoms with Gasteiger partial charge in [0.1, 0.15) is 6.04 Å². The van der Waals surface area contributed by atoms with Crippen LogP contribution < -0.4 is 10.6 Å². The lowest BCUT2D eigenvalue weighted by Gasteiger charge is -2.34. The Hall–Kier alpha value is -1.39. The standard InChI is InChI=1S/C14H21N3O/c1-15-14(18)13-11-16-8-10-17(13)9-7-12-5-3-2-4-6-12/h2-6,13,16H,7-11H2,1H3,(H,15,18)/t13-/m1/s1. The molecule has 98 valence electrons. The van der Waals surface area contributed by atoms with E-state index in [4.69, 9.17) is 0 Å². The highest BCUT2D eigenvalue weighted by Gasteiger charge is 2.27. The van der Waals surface area contributed by atoms with E-state index in [2.05, 4.69) is 39.8 Å². The molecule has 0 unspecified atom stereocenters. The molecule has 1 amide bonds. The van der Waals surface area contributed by atoms with E-state index in [0.29, 0.717) is 0 Å². The first-order valence-corrected chi connectivity index (χ1v) is 6.51. The Morgan fingerprint density at radius 3 is 2.94 bits per heavy atom. The van der Waals surface area contributed by atoms with Crippen LogP contribution in [0, 0.1) is 0 Å². The van der Waals surface area contributed by atoms with Gasteiger partial charge in [0, 0.05) is 33.2 Å². The molecule has 1 atom stereocenters. The van der Waals surface area contributed by atoms with Crippen LogP contribution in [0.15, 0.2) is 30.3 Å². The van der Waals surface area contributed by atoms with Gasteiger partial charge in [-0.25, -0.2) is 0 Å². The first kappa shape index (κ1) is 13.1. The number of nitrogens with zero attached hydrogens (tertiary/aromatic N) is 1. The topological polar surface area (TPSA) is 44.4 Å². The van der Waals surface area contributed by atoms with Gasteiger partial charge in [-0.05, 0) is 12.0 Å². The zero-order valence-corrected chi connectivity index (χ0v) is 10.9. The second-order valence-corrected chi connectivity index (χ2v) is 4.61. The number of benzene rings is 1. The third-order valence-electron chi connectivity index (χ3n) is 3.43. The lowest BCUT2D eigenvalue weighted by atomic mass is 10.1. The van der Waals surface area contributed by atoms with Gasteiger partial charge in [-0.3, -0.25) is 9.69 Å². The number of amides is 1. The van der Waals surface area contributed by atoms with Crippen LogP contribution in [0.4, 0.5) is 0 Å². The average molecular weight is 247 g/mol. The molecule has 0 saturated carbocycles. The van der Waals surface area contributed by atoms with Crippen molar-refractivity contribution < 1.29 is 4.79 Å². The Labute approximate surface area is 108 Å². The van der Waals surface area contributed by atoms with Crippen molar-refractivity contribution in [3.63, 3.8) is 0 Å². The number of carbonyl (C=O) groups excluding carboxylic acids is 1. The summed E-state index contributed by atoms with van der Waals surface area (Å²) < 4.78 is 0. The van der Waals surface area contributed by atoms with E-state index in [1.54, 1.807) is 7.05 Å². The monoisotopic (exact) mass is 247 g/mol. The predicted molar refractivity (Wildman–Crippen MR) is 72.4 cm³/mol. The van der Waals surface area contributed by atoms with Crippen molar-refractivity contribution in [2.75, 3.05) is 33.2 Å². The number of nitrogens with one attached hydrogen (secondary N) is 2. The van der Waals surface area contributed by atoms with Crippen LogP contribution in [0.5, 0.6) is 0 Å². The minimum Gasteiger partial charge on any atom is -0.358 e. The minimum absolute atomic E-state index is 0.0348. The Balaban J connectivity index is 1.91. The zero-order chi connectivity index (χ0) is 12.8. The maximum Gasteiger partial charge on any atom is 0.238 e. The molecule has 1 aliphatic rings. The summed E-state index contributed by atoms with van der Waals surface area (Å²) in [5, 5.41) is 6.02. The molecule has 1 aromatic carbocycles. The molecule has 18 heavy (non-hydrogen) atoms. The third-order valence-corrected chi connectivity index (χ3v) is 3.43. The normalized spacial score (nSPS) is 20.6. The Kier molecular flexibility index (Phi) is 4.73. The van der Waals surface area contributed by atoms with E-state index in [1.165, 1.54) is 5.56 Å². The van der Waals surface area contributed by atoms with Gasteiger partial charge in [0.05, 0.1) is 0 Å². The van der Waals surface area contributed by atoms with Crippen molar-refractivity contribution in [2.24, 2.45) is 0 Å². The van der Waals surface area contributed by atoms with Crippen molar-refractivity contribution in [1.29, 1.82) is 0 Å². The predicted octanol–water partition coefficient (Wildman–Crippen LogP) is 0.249. The van der Waals surface area contributed by atoms with Crippen LogP contribution in [0.25, 0.3) is 0 Å². The fourth-order valence-electron chi connectivity index (χ4n) is 2.36. The molecule has 4 heteroatoms. The Morgan fingerprint density at radius 1 is 1.44 bits per heavy atom. The van der Waals surface area contributed by atoms with E-state index in [9.17, 15) is 4.79 Å². The summed E-state index contributed by atoms with van der Waals surface area (Å²) in [6, 6.07) is 10.4. The molecule has 1 fully saturated rings. The van der Waals surface area contributed by atoms with Crippen LogP contribution in [0.2, 0.25) is 0 Å². The molecule has 1 heterocycles. The van der Waals surface area contributed by atoms with Gasteiger partial charge in [-0.1, -0.05) is 30.3 Å². The molecular weight excluding hydrogens is 226 g/mol. The Morgan fingerprint density at radius 2 is 2.22 bits per heavy atom. The number of likely N-dealkylation sites (N-methyl/N-ethyl adjacent to an activating group) is 1. The number of hydrogen-bond acceptors (Lipinski definition) is 3. The van der Waals surface area contributed by atoms with Gasteiger partial charge in [0.2, 0.25) is 5.91 Å². The second-order valence-electron chi connectivity index (χ2n) is 4.61. The van der Waals surface area contributed by atoms with Crippen molar-refractivity contribution in [1.82, 2.24) is 15.5 Å². The number of carbonyl (C=O) groups is 1. The van der Waals surface area contributed by atoms with Crippen LogP contribution in [0.3, 0.4) is 0 Å². The lowest BCUT2D eigenvalue weighted by molar-refractivity contribution is -0.126. The lowest BCUT2D eigenvalue weighted by Crippen LogP contribution is -2.57. The molecule has 0 radical (unpaired) electrons. The molecule has 1 saturated heterocycles. The SMILES string of the molecule is CNC(=O)[C@H]1CNCCN1CCc1ccccc1. The quantitative estimate of drug-likeness (QED) is 0.801. The summed E-state index contributed by atoms with van der Waals surface area (Å²) in [5.41, 5.74) is 1.33. The molecular formula is C14H21N3O. The number of piperazine rings is 1. The summed E-state index contributed by atoms with van der Waals surface area (Å²) in [6.07, 6.45) is 0.994. The molecule has 0 aliphatic carbocycles. The van der Waals surface area contributed by atoms with Crippen LogP contribution in [-0.4, -0.2) is 50.1 Å². The van der Waals surface area contributed by atoms with Crippen molar-refractivity contribution >= 4 is 5.91 Å². The molecule has 1 aliphatic heterocycles. The molecule has 2 rings (SSSR count). The minimum atomic E-state index is -0.0348. The van der Waals surface area contributed by atoms with Gasteiger partial charge in [0.15, 0.2) is 0 Å². The number of rotatable bonds is 4. The van der Waals surface area contributed by atoms with Gasteiger partial charge in [0.25, 0.3) is 0 Å². The highest BCUT2D eigenvalue weighted by Crippen LogP contribution is 2.07. The first-order valence-electron chi connectivity index (χ1n) is 6.51. The maximum absolute atomic E-state index is 11.8.